The van der Waals surface area contributed by atoms with E-state index < -0.39 is 0 Å². The Kier molecular flexibility index (Phi) is 5.98. The topological polar surface area (TPSA) is 75.3 Å². The van der Waals surface area contributed by atoms with Crippen molar-refractivity contribution in [3.8, 4) is 0 Å². The molecule has 1 heterocycles. The van der Waals surface area contributed by atoms with Gasteiger partial charge in [-0.05, 0) is 32.1 Å². The lowest BCUT2D eigenvalue weighted by Crippen LogP contribution is -2.42. The van der Waals surface area contributed by atoms with Gasteiger partial charge in [0.2, 0.25) is 5.89 Å². The van der Waals surface area contributed by atoms with Gasteiger partial charge in [-0.3, -0.25) is 4.99 Å². The highest BCUT2D eigenvalue weighted by Gasteiger charge is 2.13. The average Bonchev–Trinajstić information content (AvgIpc) is 2.77. The first kappa shape index (κ1) is 16.5. The number of nitrogens with zero attached hydrogens (tertiary/aromatic N) is 3. The molecule has 0 bridgehead atoms. The molecule has 0 aliphatic carbocycles. The summed E-state index contributed by atoms with van der Waals surface area (Å²) < 4.78 is 5.05. The fraction of sp³-hybridized carbons (Fsp3) is 0.786. The molecule has 2 N–H and O–H groups in total. The van der Waals surface area contributed by atoms with Crippen LogP contribution >= 0.6 is 0 Å². The van der Waals surface area contributed by atoms with E-state index in [1.165, 1.54) is 6.42 Å². The molecule has 0 aromatic carbocycles. The van der Waals surface area contributed by atoms with Crippen LogP contribution in [0.5, 0.6) is 0 Å². The Morgan fingerprint density at radius 1 is 1.40 bits per heavy atom. The van der Waals surface area contributed by atoms with E-state index >= 15 is 0 Å². The lowest BCUT2D eigenvalue weighted by molar-refractivity contribution is 0.345. The maximum atomic E-state index is 5.05. The minimum absolute atomic E-state index is 0.355. The summed E-state index contributed by atoms with van der Waals surface area (Å²) in [7, 11) is 1.75. The van der Waals surface area contributed by atoms with Crippen molar-refractivity contribution in [3.05, 3.63) is 11.7 Å². The minimum atomic E-state index is 0.355. The number of aliphatic imine (C=N–C) groups is 1. The van der Waals surface area contributed by atoms with Crippen molar-refractivity contribution in [2.75, 3.05) is 7.05 Å². The van der Waals surface area contributed by atoms with E-state index in [9.17, 15) is 0 Å². The van der Waals surface area contributed by atoms with Crippen LogP contribution in [-0.2, 0) is 6.54 Å². The Hall–Kier alpha value is -1.59. The van der Waals surface area contributed by atoms with Crippen LogP contribution in [-0.4, -0.2) is 29.2 Å². The van der Waals surface area contributed by atoms with E-state index in [0.29, 0.717) is 29.7 Å². The van der Waals surface area contributed by atoms with Gasteiger partial charge in [0, 0.05) is 13.1 Å². The Labute approximate surface area is 121 Å². The molecule has 114 valence electrons. The van der Waals surface area contributed by atoms with Crippen molar-refractivity contribution in [1.29, 1.82) is 0 Å². The van der Waals surface area contributed by atoms with Gasteiger partial charge in [-0.25, -0.2) is 0 Å². The molecule has 0 aliphatic rings. The predicted molar refractivity (Wildman–Crippen MR) is 80.5 cm³/mol. The van der Waals surface area contributed by atoms with Crippen molar-refractivity contribution >= 4 is 5.96 Å². The molecule has 1 atom stereocenters. The zero-order valence-electron chi connectivity index (χ0n) is 13.4. The molecule has 1 rings (SSSR count). The number of aromatic nitrogens is 2. The summed E-state index contributed by atoms with van der Waals surface area (Å²) >= 11 is 0. The summed E-state index contributed by atoms with van der Waals surface area (Å²) in [5, 5.41) is 10.3. The lowest BCUT2D eigenvalue weighted by atomic mass is 9.89. The van der Waals surface area contributed by atoms with Gasteiger partial charge >= 0.3 is 0 Å². The van der Waals surface area contributed by atoms with Gasteiger partial charge in [0.15, 0.2) is 11.8 Å². The number of aryl methyl sites for hydroxylation is 1. The fourth-order valence-corrected chi connectivity index (χ4v) is 1.72. The normalized spacial score (nSPS) is 14.2. The quantitative estimate of drug-likeness (QED) is 0.639. The van der Waals surface area contributed by atoms with Crippen molar-refractivity contribution in [1.82, 2.24) is 20.8 Å². The van der Waals surface area contributed by atoms with Gasteiger partial charge in [0.25, 0.3) is 0 Å². The maximum absolute atomic E-state index is 5.05. The third-order valence-electron chi connectivity index (χ3n) is 2.91. The SMILES string of the molecule is CN=C(NCc1nc(C)no1)NC(C)CCC(C)(C)C. The Balaban J connectivity index is 2.36. The Morgan fingerprint density at radius 3 is 2.60 bits per heavy atom. The maximum Gasteiger partial charge on any atom is 0.246 e. The number of hydrogen-bond acceptors (Lipinski definition) is 4. The molecule has 6 heteroatoms. The largest absolute Gasteiger partial charge is 0.354 e. The molecule has 0 aliphatic heterocycles. The molecule has 1 aromatic heterocycles. The molecule has 0 amide bonds. The molecule has 0 saturated carbocycles. The van der Waals surface area contributed by atoms with Gasteiger partial charge in [-0.1, -0.05) is 25.9 Å². The van der Waals surface area contributed by atoms with Crippen LogP contribution < -0.4 is 10.6 Å². The van der Waals surface area contributed by atoms with E-state index in [4.69, 9.17) is 4.52 Å². The second-order valence-electron chi connectivity index (χ2n) is 6.31. The van der Waals surface area contributed by atoms with Gasteiger partial charge in [-0.2, -0.15) is 4.98 Å². The van der Waals surface area contributed by atoms with Crippen LogP contribution in [0.2, 0.25) is 0 Å². The van der Waals surface area contributed by atoms with Crippen LogP contribution in [0.4, 0.5) is 0 Å². The molecule has 6 nitrogen and oxygen atoms in total. The number of guanidine groups is 1. The zero-order valence-corrected chi connectivity index (χ0v) is 13.4. The van der Waals surface area contributed by atoms with Crippen LogP contribution in [0.15, 0.2) is 9.52 Å². The standard InChI is InChI=1S/C14H27N5O/c1-10(7-8-14(3,4)5)17-13(15-6)16-9-12-18-11(2)19-20-12/h10H,7-9H2,1-6H3,(H2,15,16,17). The highest BCUT2D eigenvalue weighted by Crippen LogP contribution is 2.21. The summed E-state index contributed by atoms with van der Waals surface area (Å²) in [4.78, 5) is 8.34. The number of nitrogens with one attached hydrogen (secondary N) is 2. The third kappa shape index (κ3) is 6.54. The summed E-state index contributed by atoms with van der Waals surface area (Å²) in [5.41, 5.74) is 0.355. The molecule has 1 aromatic rings. The van der Waals surface area contributed by atoms with E-state index in [1.807, 2.05) is 0 Å². The first-order valence-electron chi connectivity index (χ1n) is 7.06. The molecule has 0 radical (unpaired) electrons. The Bertz CT molecular complexity index is 433. The molecular weight excluding hydrogens is 254 g/mol. The van der Waals surface area contributed by atoms with E-state index in [2.05, 4.69) is 53.5 Å². The summed E-state index contributed by atoms with van der Waals surface area (Å²) in [6.07, 6.45) is 2.27. The average molecular weight is 281 g/mol. The van der Waals surface area contributed by atoms with Crippen LogP contribution in [0, 0.1) is 12.3 Å². The van der Waals surface area contributed by atoms with Crippen molar-refractivity contribution in [2.45, 2.75) is 60.0 Å². The molecule has 20 heavy (non-hydrogen) atoms. The minimum Gasteiger partial charge on any atom is -0.354 e. The van der Waals surface area contributed by atoms with Crippen molar-refractivity contribution in [3.63, 3.8) is 0 Å². The number of hydrogen-bond donors (Lipinski definition) is 2. The van der Waals surface area contributed by atoms with Crippen LogP contribution in [0.25, 0.3) is 0 Å². The molecular formula is C14H27N5O. The highest BCUT2D eigenvalue weighted by atomic mass is 16.5. The first-order valence-corrected chi connectivity index (χ1v) is 7.06. The monoisotopic (exact) mass is 281 g/mol. The summed E-state index contributed by atoms with van der Waals surface area (Å²) in [6, 6.07) is 0.366. The van der Waals surface area contributed by atoms with Crippen LogP contribution in [0.1, 0.15) is 52.3 Å². The van der Waals surface area contributed by atoms with Crippen LogP contribution in [0.3, 0.4) is 0 Å². The van der Waals surface area contributed by atoms with Gasteiger partial charge < -0.3 is 15.2 Å². The Morgan fingerprint density at radius 2 is 2.10 bits per heavy atom. The smallest absolute Gasteiger partial charge is 0.246 e. The second kappa shape index (κ2) is 7.26. The number of rotatable bonds is 5. The molecule has 1 unspecified atom stereocenters. The predicted octanol–water partition coefficient (Wildman–Crippen LogP) is 2.26. The molecule has 0 fully saturated rings. The summed E-state index contributed by atoms with van der Waals surface area (Å²) in [5.74, 6) is 1.96. The van der Waals surface area contributed by atoms with Crippen molar-refractivity contribution < 1.29 is 4.52 Å². The van der Waals surface area contributed by atoms with Gasteiger partial charge in [0.1, 0.15) is 0 Å². The van der Waals surface area contributed by atoms with E-state index in [-0.39, 0.29) is 0 Å². The zero-order chi connectivity index (χ0) is 15.2. The first-order chi connectivity index (χ1) is 9.30. The summed E-state index contributed by atoms with van der Waals surface area (Å²) in [6.45, 7) is 11.2. The van der Waals surface area contributed by atoms with E-state index in [1.54, 1.807) is 14.0 Å². The fourth-order valence-electron chi connectivity index (χ4n) is 1.72. The van der Waals surface area contributed by atoms with Gasteiger partial charge in [0.05, 0.1) is 6.54 Å². The van der Waals surface area contributed by atoms with Crippen molar-refractivity contribution in [2.24, 2.45) is 10.4 Å². The second-order valence-corrected chi connectivity index (χ2v) is 6.31. The third-order valence-corrected chi connectivity index (χ3v) is 2.91. The lowest BCUT2D eigenvalue weighted by Gasteiger charge is -2.22. The van der Waals surface area contributed by atoms with E-state index in [0.717, 1.165) is 12.4 Å². The molecule has 0 saturated heterocycles. The van der Waals surface area contributed by atoms with Gasteiger partial charge in [-0.15, -0.1) is 0 Å². The highest BCUT2D eigenvalue weighted by molar-refractivity contribution is 5.79. The molecule has 0 spiro atoms.